The summed E-state index contributed by atoms with van der Waals surface area (Å²) in [5.74, 6) is 0. The Bertz CT molecular complexity index is 248. The molecule has 0 saturated carbocycles. The third kappa shape index (κ3) is 3.18. The van der Waals surface area contributed by atoms with Crippen molar-refractivity contribution in [2.45, 2.75) is 26.3 Å². The van der Waals surface area contributed by atoms with Gasteiger partial charge in [-0.3, -0.25) is 4.68 Å². The molecule has 78 valence electrons. The van der Waals surface area contributed by atoms with E-state index in [4.69, 9.17) is 5.73 Å². The summed E-state index contributed by atoms with van der Waals surface area (Å²) in [5, 5.41) is 4.12. The number of hydrogen-bond acceptors (Lipinski definition) is 2. The minimum Gasteiger partial charge on any atom is -0.324 e. The van der Waals surface area contributed by atoms with Crippen LogP contribution in [0.4, 0.5) is 0 Å². The molecule has 0 aromatic carbocycles. The van der Waals surface area contributed by atoms with Crippen LogP contribution >= 0.6 is 24.8 Å². The van der Waals surface area contributed by atoms with E-state index < -0.39 is 0 Å². The van der Waals surface area contributed by atoms with Gasteiger partial charge in [-0.2, -0.15) is 5.10 Å². The van der Waals surface area contributed by atoms with E-state index in [0.717, 1.165) is 12.0 Å². The first-order chi connectivity index (χ1) is 5.16. The molecule has 1 heterocycles. The Morgan fingerprint density at radius 1 is 1.54 bits per heavy atom. The summed E-state index contributed by atoms with van der Waals surface area (Å²) in [5.41, 5.74) is 8.18. The standard InChI is InChI=1S/C8H15N3.2ClH/c1-4-8(9)7-5-10-11(3)6(7)2;;/h5,8H,4,9H2,1-3H3;2*1H. The average Bonchev–Trinajstić information content (AvgIpc) is 2.32. The van der Waals surface area contributed by atoms with Crippen molar-refractivity contribution in [1.29, 1.82) is 0 Å². The van der Waals surface area contributed by atoms with E-state index in [0.29, 0.717) is 0 Å². The Morgan fingerprint density at radius 2 is 2.08 bits per heavy atom. The van der Waals surface area contributed by atoms with Crippen LogP contribution in [0.5, 0.6) is 0 Å². The van der Waals surface area contributed by atoms with Crippen LogP contribution in [0, 0.1) is 6.92 Å². The number of hydrogen-bond donors (Lipinski definition) is 1. The molecule has 1 unspecified atom stereocenters. The fraction of sp³-hybridized carbons (Fsp3) is 0.625. The normalized spacial score (nSPS) is 11.4. The lowest BCUT2D eigenvalue weighted by Gasteiger charge is -2.06. The van der Waals surface area contributed by atoms with Gasteiger partial charge in [-0.15, -0.1) is 24.8 Å². The van der Waals surface area contributed by atoms with E-state index in [1.165, 1.54) is 5.69 Å². The number of nitrogens with two attached hydrogens (primary N) is 1. The smallest absolute Gasteiger partial charge is 0.0540 e. The van der Waals surface area contributed by atoms with E-state index in [1.54, 1.807) is 0 Å². The van der Waals surface area contributed by atoms with Crippen LogP contribution in [0.15, 0.2) is 6.20 Å². The summed E-state index contributed by atoms with van der Waals surface area (Å²) >= 11 is 0. The van der Waals surface area contributed by atoms with Crippen LogP contribution in [0.2, 0.25) is 0 Å². The highest BCUT2D eigenvalue weighted by molar-refractivity contribution is 5.85. The van der Waals surface area contributed by atoms with E-state index in [1.807, 2.05) is 24.9 Å². The van der Waals surface area contributed by atoms with Gasteiger partial charge >= 0.3 is 0 Å². The molecular formula is C8H17Cl2N3. The van der Waals surface area contributed by atoms with E-state index in [-0.39, 0.29) is 30.9 Å². The van der Waals surface area contributed by atoms with Gasteiger partial charge in [0.05, 0.1) is 6.20 Å². The molecule has 1 rings (SSSR count). The van der Waals surface area contributed by atoms with Crippen molar-refractivity contribution >= 4 is 24.8 Å². The molecule has 0 radical (unpaired) electrons. The number of aromatic nitrogens is 2. The van der Waals surface area contributed by atoms with Gasteiger partial charge in [0.1, 0.15) is 0 Å². The van der Waals surface area contributed by atoms with Gasteiger partial charge in [-0.1, -0.05) is 6.92 Å². The van der Waals surface area contributed by atoms with Crippen molar-refractivity contribution in [3.05, 3.63) is 17.5 Å². The highest BCUT2D eigenvalue weighted by atomic mass is 35.5. The third-order valence-electron chi connectivity index (χ3n) is 2.11. The van der Waals surface area contributed by atoms with Crippen molar-refractivity contribution in [2.75, 3.05) is 0 Å². The van der Waals surface area contributed by atoms with Gasteiger partial charge < -0.3 is 5.73 Å². The molecule has 0 aliphatic carbocycles. The summed E-state index contributed by atoms with van der Waals surface area (Å²) in [7, 11) is 1.93. The van der Waals surface area contributed by atoms with Crippen molar-refractivity contribution in [2.24, 2.45) is 12.8 Å². The maximum atomic E-state index is 5.86. The topological polar surface area (TPSA) is 43.8 Å². The minimum atomic E-state index is 0. The lowest BCUT2D eigenvalue weighted by Crippen LogP contribution is -2.09. The summed E-state index contributed by atoms with van der Waals surface area (Å²) in [4.78, 5) is 0. The molecular weight excluding hydrogens is 209 g/mol. The first kappa shape index (κ1) is 15.2. The molecule has 3 nitrogen and oxygen atoms in total. The van der Waals surface area contributed by atoms with Gasteiger partial charge in [0.15, 0.2) is 0 Å². The van der Waals surface area contributed by atoms with Crippen molar-refractivity contribution in [3.63, 3.8) is 0 Å². The monoisotopic (exact) mass is 225 g/mol. The van der Waals surface area contributed by atoms with Crippen molar-refractivity contribution in [3.8, 4) is 0 Å². The number of rotatable bonds is 2. The fourth-order valence-electron chi connectivity index (χ4n) is 1.10. The van der Waals surface area contributed by atoms with Crippen LogP contribution in [-0.4, -0.2) is 9.78 Å². The van der Waals surface area contributed by atoms with Crippen LogP contribution in [-0.2, 0) is 7.05 Å². The fourth-order valence-corrected chi connectivity index (χ4v) is 1.10. The zero-order chi connectivity index (χ0) is 8.43. The molecule has 0 fully saturated rings. The maximum absolute atomic E-state index is 5.86. The molecule has 2 N–H and O–H groups in total. The molecule has 1 aromatic rings. The summed E-state index contributed by atoms with van der Waals surface area (Å²) in [6.07, 6.45) is 2.82. The molecule has 0 amide bonds. The van der Waals surface area contributed by atoms with Crippen LogP contribution in [0.25, 0.3) is 0 Å². The Labute approximate surface area is 91.5 Å². The molecule has 0 bridgehead atoms. The van der Waals surface area contributed by atoms with Crippen LogP contribution < -0.4 is 5.73 Å². The molecule has 1 atom stereocenters. The van der Waals surface area contributed by atoms with Crippen molar-refractivity contribution in [1.82, 2.24) is 9.78 Å². The molecule has 0 aliphatic heterocycles. The second kappa shape index (κ2) is 6.24. The zero-order valence-corrected chi connectivity index (χ0v) is 9.78. The average molecular weight is 226 g/mol. The third-order valence-corrected chi connectivity index (χ3v) is 2.11. The van der Waals surface area contributed by atoms with E-state index in [9.17, 15) is 0 Å². The molecule has 13 heavy (non-hydrogen) atoms. The molecule has 0 spiro atoms. The quantitative estimate of drug-likeness (QED) is 0.837. The van der Waals surface area contributed by atoms with E-state index >= 15 is 0 Å². The number of aryl methyl sites for hydroxylation is 1. The molecule has 5 heteroatoms. The predicted octanol–water partition coefficient (Wildman–Crippen LogP) is 1.98. The van der Waals surface area contributed by atoms with Gasteiger partial charge in [0.25, 0.3) is 0 Å². The second-order valence-corrected chi connectivity index (χ2v) is 2.82. The SMILES string of the molecule is CCC(N)c1cnn(C)c1C.Cl.Cl. The highest BCUT2D eigenvalue weighted by Crippen LogP contribution is 2.16. The predicted molar refractivity (Wildman–Crippen MR) is 59.7 cm³/mol. The van der Waals surface area contributed by atoms with Gasteiger partial charge in [-0.05, 0) is 13.3 Å². The number of halogens is 2. The minimum absolute atomic E-state index is 0. The first-order valence-corrected chi connectivity index (χ1v) is 3.91. The van der Waals surface area contributed by atoms with Crippen LogP contribution in [0.1, 0.15) is 30.6 Å². The lowest BCUT2D eigenvalue weighted by atomic mass is 10.1. The van der Waals surface area contributed by atoms with Gasteiger partial charge in [0, 0.05) is 24.3 Å². The maximum Gasteiger partial charge on any atom is 0.0540 e. The molecule has 1 aromatic heterocycles. The Hall–Kier alpha value is -0.250. The second-order valence-electron chi connectivity index (χ2n) is 2.82. The van der Waals surface area contributed by atoms with E-state index in [2.05, 4.69) is 12.0 Å². The Kier molecular flexibility index (Phi) is 7.31. The zero-order valence-electron chi connectivity index (χ0n) is 8.15. The Balaban J connectivity index is 0. The van der Waals surface area contributed by atoms with Gasteiger partial charge in [0.2, 0.25) is 0 Å². The van der Waals surface area contributed by atoms with Crippen molar-refractivity contribution < 1.29 is 0 Å². The van der Waals surface area contributed by atoms with Gasteiger partial charge in [-0.25, -0.2) is 0 Å². The lowest BCUT2D eigenvalue weighted by molar-refractivity contribution is 0.684. The summed E-state index contributed by atoms with van der Waals surface area (Å²) in [6.45, 7) is 4.12. The largest absolute Gasteiger partial charge is 0.324 e. The molecule has 0 aliphatic rings. The summed E-state index contributed by atoms with van der Waals surface area (Å²) < 4.78 is 1.85. The molecule has 0 saturated heterocycles. The number of nitrogens with zero attached hydrogens (tertiary/aromatic N) is 2. The summed E-state index contributed by atoms with van der Waals surface area (Å²) in [6, 6.07) is 0.142. The van der Waals surface area contributed by atoms with Crippen LogP contribution in [0.3, 0.4) is 0 Å². The Morgan fingerprint density at radius 3 is 2.38 bits per heavy atom. The highest BCUT2D eigenvalue weighted by Gasteiger charge is 2.09. The first-order valence-electron chi connectivity index (χ1n) is 3.91.